The highest BCUT2D eigenvalue weighted by atomic mass is 32.1. The molecule has 1 atom stereocenters. The molecule has 0 bridgehead atoms. The van der Waals surface area contributed by atoms with Gasteiger partial charge >= 0.3 is 0 Å². The Morgan fingerprint density at radius 2 is 1.93 bits per heavy atom. The Bertz CT molecular complexity index is 1120. The Hall–Kier alpha value is -2.99. The number of nitrogens with zero attached hydrogens (tertiary/aromatic N) is 2. The maximum Gasteiger partial charge on any atom is 0.268 e. The Balaban J connectivity index is 1.70. The fraction of sp³-hybridized carbons (Fsp3) is 0.261. The number of ketones is 1. The van der Waals surface area contributed by atoms with Crippen LogP contribution in [-0.4, -0.2) is 29.3 Å². The minimum atomic E-state index is -0.637. The van der Waals surface area contributed by atoms with Crippen molar-refractivity contribution in [1.29, 1.82) is 0 Å². The summed E-state index contributed by atoms with van der Waals surface area (Å²) < 4.78 is 5.77. The van der Waals surface area contributed by atoms with Gasteiger partial charge in [0.05, 0.1) is 22.9 Å². The Labute approximate surface area is 174 Å². The highest BCUT2D eigenvalue weighted by Crippen LogP contribution is 2.37. The van der Waals surface area contributed by atoms with E-state index in [0.29, 0.717) is 17.0 Å². The molecule has 2 aromatic carbocycles. The summed E-state index contributed by atoms with van der Waals surface area (Å²) in [7, 11) is 0. The molecule has 1 unspecified atom stereocenters. The third-order valence-electron chi connectivity index (χ3n) is 5.21. The molecule has 0 spiro atoms. The highest BCUT2D eigenvalue weighted by Gasteiger charge is 2.33. The molecule has 6 heteroatoms. The number of thiazole rings is 1. The molecule has 3 aromatic rings. The average molecular weight is 407 g/mol. The number of Topliss-reactive ketones (excluding diaryl/α,β-unsaturated/α-hetero) is 1. The van der Waals surface area contributed by atoms with Gasteiger partial charge in [-0.1, -0.05) is 12.1 Å². The number of hydrogen-bond acceptors (Lipinski definition) is 5. The minimum absolute atomic E-state index is 0.0262. The lowest BCUT2D eigenvalue weighted by molar-refractivity contribution is -0.125. The molecular formula is C23H22N2O3S. The van der Waals surface area contributed by atoms with E-state index in [-0.39, 0.29) is 18.2 Å². The lowest BCUT2D eigenvalue weighted by Crippen LogP contribution is -2.46. The van der Waals surface area contributed by atoms with Crippen molar-refractivity contribution < 1.29 is 14.3 Å². The standard InChI is InChI=1S/C23H22N2O3S/c1-13-5-6-18(9-14(13)2)21(26)11-25-20-10-17(19-12-29-16(4)24-19)7-8-22(20)28-15(3)23(25)27/h5-10,12,15H,11H2,1-4H3. The molecule has 0 aliphatic carbocycles. The molecule has 29 heavy (non-hydrogen) atoms. The third kappa shape index (κ3) is 3.68. The van der Waals surface area contributed by atoms with Gasteiger partial charge in [0.1, 0.15) is 5.75 Å². The number of rotatable bonds is 4. The van der Waals surface area contributed by atoms with E-state index in [9.17, 15) is 9.59 Å². The van der Waals surface area contributed by atoms with Crippen molar-refractivity contribution in [1.82, 2.24) is 4.98 Å². The molecule has 1 amide bonds. The molecule has 0 radical (unpaired) electrons. The number of fused-ring (bicyclic) bond motifs is 1. The number of anilines is 1. The second kappa shape index (κ2) is 7.44. The second-order valence-electron chi connectivity index (χ2n) is 7.34. The van der Waals surface area contributed by atoms with E-state index in [1.54, 1.807) is 18.3 Å². The maximum atomic E-state index is 13.0. The zero-order valence-corrected chi connectivity index (χ0v) is 17.7. The van der Waals surface area contributed by atoms with Crippen LogP contribution in [0.5, 0.6) is 5.75 Å². The predicted octanol–water partition coefficient (Wildman–Crippen LogP) is 4.73. The van der Waals surface area contributed by atoms with Crippen LogP contribution in [0.2, 0.25) is 0 Å². The Morgan fingerprint density at radius 3 is 2.62 bits per heavy atom. The summed E-state index contributed by atoms with van der Waals surface area (Å²) in [5.74, 6) is 0.276. The quantitative estimate of drug-likeness (QED) is 0.588. The lowest BCUT2D eigenvalue weighted by Gasteiger charge is -2.33. The number of carbonyl (C=O) groups is 2. The first-order chi connectivity index (χ1) is 13.8. The van der Waals surface area contributed by atoms with Crippen LogP contribution < -0.4 is 9.64 Å². The molecule has 2 heterocycles. The number of aromatic nitrogens is 1. The van der Waals surface area contributed by atoms with Crippen molar-refractivity contribution in [3.63, 3.8) is 0 Å². The topological polar surface area (TPSA) is 59.5 Å². The minimum Gasteiger partial charge on any atom is -0.479 e. The number of carbonyl (C=O) groups excluding carboxylic acids is 2. The van der Waals surface area contributed by atoms with Gasteiger partial charge in [0.2, 0.25) is 0 Å². The predicted molar refractivity (Wildman–Crippen MR) is 115 cm³/mol. The van der Waals surface area contributed by atoms with Crippen molar-refractivity contribution in [2.24, 2.45) is 0 Å². The van der Waals surface area contributed by atoms with Gasteiger partial charge in [0, 0.05) is 16.5 Å². The molecule has 1 aliphatic heterocycles. The number of benzene rings is 2. The van der Waals surface area contributed by atoms with Crippen LogP contribution in [-0.2, 0) is 4.79 Å². The number of amides is 1. The van der Waals surface area contributed by atoms with Crippen molar-refractivity contribution >= 4 is 28.7 Å². The van der Waals surface area contributed by atoms with Gasteiger partial charge in [0.25, 0.3) is 5.91 Å². The van der Waals surface area contributed by atoms with Crippen LogP contribution in [0.1, 0.15) is 33.4 Å². The van der Waals surface area contributed by atoms with Gasteiger partial charge in [-0.05, 0) is 63.1 Å². The van der Waals surface area contributed by atoms with Crippen molar-refractivity contribution in [3.8, 4) is 17.0 Å². The first kappa shape index (κ1) is 19.3. The van der Waals surface area contributed by atoms with Crippen molar-refractivity contribution in [2.75, 3.05) is 11.4 Å². The lowest BCUT2D eigenvalue weighted by atomic mass is 10.0. The van der Waals surface area contributed by atoms with Gasteiger partial charge < -0.3 is 4.74 Å². The van der Waals surface area contributed by atoms with E-state index in [2.05, 4.69) is 4.98 Å². The molecule has 5 nitrogen and oxygen atoms in total. The average Bonchev–Trinajstić information content (AvgIpc) is 3.13. The number of ether oxygens (including phenoxy) is 1. The fourth-order valence-electron chi connectivity index (χ4n) is 3.38. The number of hydrogen-bond donors (Lipinski definition) is 0. The normalized spacial score (nSPS) is 15.8. The van der Waals surface area contributed by atoms with Crippen LogP contribution >= 0.6 is 11.3 Å². The van der Waals surface area contributed by atoms with Gasteiger partial charge in [-0.25, -0.2) is 4.98 Å². The van der Waals surface area contributed by atoms with Crippen LogP contribution in [0, 0.1) is 20.8 Å². The zero-order chi connectivity index (χ0) is 20.7. The van der Waals surface area contributed by atoms with Crippen molar-refractivity contribution in [2.45, 2.75) is 33.8 Å². The van der Waals surface area contributed by atoms with Crippen LogP contribution in [0.3, 0.4) is 0 Å². The molecule has 148 valence electrons. The monoisotopic (exact) mass is 406 g/mol. The summed E-state index contributed by atoms with van der Waals surface area (Å²) in [5, 5.41) is 2.95. The summed E-state index contributed by atoms with van der Waals surface area (Å²) in [4.78, 5) is 31.9. The summed E-state index contributed by atoms with van der Waals surface area (Å²) in [6.07, 6.45) is -0.637. The third-order valence-corrected chi connectivity index (χ3v) is 5.99. The van der Waals surface area contributed by atoms with Gasteiger partial charge in [-0.15, -0.1) is 11.3 Å². The van der Waals surface area contributed by atoms with Gasteiger partial charge in [0.15, 0.2) is 11.9 Å². The summed E-state index contributed by atoms with van der Waals surface area (Å²) in [6.45, 7) is 7.62. The largest absolute Gasteiger partial charge is 0.479 e. The van der Waals surface area contributed by atoms with Crippen LogP contribution in [0.4, 0.5) is 5.69 Å². The second-order valence-corrected chi connectivity index (χ2v) is 8.40. The summed E-state index contributed by atoms with van der Waals surface area (Å²) >= 11 is 1.57. The molecular weight excluding hydrogens is 384 g/mol. The molecule has 0 saturated carbocycles. The molecule has 1 aromatic heterocycles. The first-order valence-corrected chi connectivity index (χ1v) is 10.4. The summed E-state index contributed by atoms with van der Waals surface area (Å²) in [5.41, 5.74) is 5.14. The maximum absolute atomic E-state index is 13.0. The van der Waals surface area contributed by atoms with E-state index in [1.165, 1.54) is 4.90 Å². The molecule has 4 rings (SSSR count). The molecule has 0 fully saturated rings. The van der Waals surface area contributed by atoms with Gasteiger partial charge in [-0.3, -0.25) is 14.5 Å². The SMILES string of the molecule is Cc1nc(-c2ccc3c(c2)N(CC(=O)c2ccc(C)c(C)c2)C(=O)C(C)O3)cs1. The zero-order valence-electron chi connectivity index (χ0n) is 16.9. The molecule has 1 aliphatic rings. The first-order valence-electron chi connectivity index (χ1n) is 9.48. The number of aryl methyl sites for hydroxylation is 3. The van der Waals surface area contributed by atoms with Gasteiger partial charge in [-0.2, -0.15) is 0 Å². The van der Waals surface area contributed by atoms with E-state index >= 15 is 0 Å². The van der Waals surface area contributed by atoms with Crippen molar-refractivity contribution in [3.05, 3.63) is 63.5 Å². The van der Waals surface area contributed by atoms with E-state index in [0.717, 1.165) is 27.4 Å². The smallest absolute Gasteiger partial charge is 0.268 e. The van der Waals surface area contributed by atoms with Crippen LogP contribution in [0.25, 0.3) is 11.3 Å². The summed E-state index contributed by atoms with van der Waals surface area (Å²) in [6, 6.07) is 11.3. The molecule has 0 saturated heterocycles. The van der Waals surface area contributed by atoms with E-state index in [1.807, 2.05) is 62.5 Å². The van der Waals surface area contributed by atoms with Crippen LogP contribution in [0.15, 0.2) is 41.8 Å². The molecule has 0 N–H and O–H groups in total. The Kier molecular flexibility index (Phi) is 4.96. The Morgan fingerprint density at radius 1 is 1.14 bits per heavy atom. The van der Waals surface area contributed by atoms with E-state index in [4.69, 9.17) is 4.74 Å². The highest BCUT2D eigenvalue weighted by molar-refractivity contribution is 7.09. The fourth-order valence-corrected chi connectivity index (χ4v) is 4.00. The van der Waals surface area contributed by atoms with E-state index < -0.39 is 6.10 Å².